The lowest BCUT2D eigenvalue weighted by molar-refractivity contribution is -0.0131. The smallest absolute Gasteiger partial charge is 0.115 e. The van der Waals surface area contributed by atoms with Crippen molar-refractivity contribution < 1.29 is 10.2 Å². The molecule has 2 rings (SSSR count). The molecule has 0 aromatic heterocycles. The van der Waals surface area contributed by atoms with Gasteiger partial charge in [0.2, 0.25) is 0 Å². The van der Waals surface area contributed by atoms with Gasteiger partial charge in [-0.15, -0.1) is 0 Å². The topological polar surface area (TPSA) is 43.7 Å². The van der Waals surface area contributed by atoms with E-state index in [-0.39, 0.29) is 6.23 Å². The highest BCUT2D eigenvalue weighted by atomic mass is 16.3. The zero-order valence-electron chi connectivity index (χ0n) is 10.3. The highest BCUT2D eigenvalue weighted by Crippen LogP contribution is 2.29. The molecule has 0 bridgehead atoms. The molecule has 1 aliphatic heterocycles. The van der Waals surface area contributed by atoms with Gasteiger partial charge in [-0.2, -0.15) is 0 Å². The van der Waals surface area contributed by atoms with Gasteiger partial charge in [0, 0.05) is 13.1 Å². The van der Waals surface area contributed by atoms with Crippen molar-refractivity contribution in [2.24, 2.45) is 0 Å². The van der Waals surface area contributed by atoms with Crippen molar-refractivity contribution in [3.8, 4) is 5.75 Å². The zero-order chi connectivity index (χ0) is 12.3. The summed E-state index contributed by atoms with van der Waals surface area (Å²) in [5.74, 6) is 0.892. The molecule has 0 radical (unpaired) electrons. The number of piperidine rings is 1. The van der Waals surface area contributed by atoms with Crippen LogP contribution in [0.15, 0.2) is 24.3 Å². The van der Waals surface area contributed by atoms with Crippen LogP contribution in [0.4, 0.5) is 0 Å². The quantitative estimate of drug-likeness (QED) is 0.845. The zero-order valence-corrected chi connectivity index (χ0v) is 10.3. The van der Waals surface area contributed by atoms with E-state index >= 15 is 0 Å². The predicted molar refractivity (Wildman–Crippen MR) is 68.0 cm³/mol. The molecule has 0 aliphatic carbocycles. The van der Waals surface area contributed by atoms with Crippen LogP contribution >= 0.6 is 0 Å². The number of nitrogens with zero attached hydrogens (tertiary/aromatic N) is 1. The van der Waals surface area contributed by atoms with Crippen LogP contribution in [-0.4, -0.2) is 34.4 Å². The average Bonchev–Trinajstić information content (AvgIpc) is 2.39. The van der Waals surface area contributed by atoms with E-state index in [0.29, 0.717) is 11.7 Å². The monoisotopic (exact) mass is 235 g/mol. The van der Waals surface area contributed by atoms with Gasteiger partial charge in [0.05, 0.1) is 0 Å². The number of hydrogen-bond acceptors (Lipinski definition) is 3. The Hall–Kier alpha value is -1.06. The molecule has 17 heavy (non-hydrogen) atoms. The van der Waals surface area contributed by atoms with E-state index in [2.05, 4.69) is 4.90 Å². The lowest BCUT2D eigenvalue weighted by atomic mass is 9.89. The number of likely N-dealkylation sites (tertiary alicyclic amines) is 1. The van der Waals surface area contributed by atoms with Crippen LogP contribution in [0.1, 0.15) is 37.7 Å². The summed E-state index contributed by atoms with van der Waals surface area (Å²) >= 11 is 0. The van der Waals surface area contributed by atoms with E-state index in [1.54, 1.807) is 12.1 Å². The molecule has 1 atom stereocenters. The number of aromatic hydroxyl groups is 1. The van der Waals surface area contributed by atoms with Crippen LogP contribution in [0.2, 0.25) is 0 Å². The molecule has 0 saturated carbocycles. The van der Waals surface area contributed by atoms with Gasteiger partial charge in [0.15, 0.2) is 0 Å². The molecule has 0 spiro atoms. The van der Waals surface area contributed by atoms with Crippen molar-refractivity contribution in [3.05, 3.63) is 29.8 Å². The Bertz CT molecular complexity index is 342. The molecular weight excluding hydrogens is 214 g/mol. The van der Waals surface area contributed by atoms with Crippen molar-refractivity contribution >= 4 is 0 Å². The van der Waals surface area contributed by atoms with E-state index in [0.717, 1.165) is 32.4 Å². The van der Waals surface area contributed by atoms with Crippen LogP contribution < -0.4 is 0 Å². The minimum atomic E-state index is -0.282. The summed E-state index contributed by atoms with van der Waals surface area (Å²) in [4.78, 5) is 2.15. The van der Waals surface area contributed by atoms with Gasteiger partial charge >= 0.3 is 0 Å². The van der Waals surface area contributed by atoms with E-state index in [1.807, 2.05) is 19.1 Å². The molecule has 2 N–H and O–H groups in total. The fourth-order valence-electron chi connectivity index (χ4n) is 2.54. The second-order valence-electron chi connectivity index (χ2n) is 4.79. The summed E-state index contributed by atoms with van der Waals surface area (Å²) < 4.78 is 0. The van der Waals surface area contributed by atoms with Gasteiger partial charge in [-0.25, -0.2) is 0 Å². The standard InChI is InChI=1S/C14H21NO2/c1-2-14(17)15-9-7-12(8-10-15)11-3-5-13(16)6-4-11/h3-6,12,14,16-17H,2,7-10H2,1H3. The fourth-order valence-corrected chi connectivity index (χ4v) is 2.54. The molecule has 94 valence electrons. The van der Waals surface area contributed by atoms with Crippen LogP contribution in [0.5, 0.6) is 5.75 Å². The van der Waals surface area contributed by atoms with Gasteiger partial charge in [0.1, 0.15) is 12.0 Å². The number of phenolic OH excluding ortho intramolecular Hbond substituents is 1. The second-order valence-corrected chi connectivity index (χ2v) is 4.79. The molecule has 3 nitrogen and oxygen atoms in total. The van der Waals surface area contributed by atoms with E-state index in [1.165, 1.54) is 5.56 Å². The van der Waals surface area contributed by atoms with Crippen LogP contribution in [0, 0.1) is 0 Å². The minimum absolute atomic E-state index is 0.282. The summed E-state index contributed by atoms with van der Waals surface area (Å²) in [7, 11) is 0. The number of aliphatic hydroxyl groups excluding tert-OH is 1. The first-order valence-electron chi connectivity index (χ1n) is 6.41. The Balaban J connectivity index is 1.93. The molecule has 1 aromatic carbocycles. The maximum absolute atomic E-state index is 9.77. The van der Waals surface area contributed by atoms with Crippen molar-refractivity contribution in [3.63, 3.8) is 0 Å². The van der Waals surface area contributed by atoms with Gasteiger partial charge in [0.25, 0.3) is 0 Å². The fraction of sp³-hybridized carbons (Fsp3) is 0.571. The maximum Gasteiger partial charge on any atom is 0.115 e. The summed E-state index contributed by atoms with van der Waals surface area (Å²) in [6, 6.07) is 7.52. The summed E-state index contributed by atoms with van der Waals surface area (Å²) in [5, 5.41) is 19.0. The average molecular weight is 235 g/mol. The van der Waals surface area contributed by atoms with Crippen molar-refractivity contribution in [2.75, 3.05) is 13.1 Å². The normalized spacial score (nSPS) is 20.4. The Morgan fingerprint density at radius 2 is 1.82 bits per heavy atom. The summed E-state index contributed by atoms with van der Waals surface area (Å²) in [6.45, 7) is 3.93. The lowest BCUT2D eigenvalue weighted by Crippen LogP contribution is -2.40. The Morgan fingerprint density at radius 1 is 1.24 bits per heavy atom. The second kappa shape index (κ2) is 5.52. The van der Waals surface area contributed by atoms with E-state index < -0.39 is 0 Å². The van der Waals surface area contributed by atoms with Gasteiger partial charge < -0.3 is 10.2 Å². The third-order valence-corrected chi connectivity index (χ3v) is 3.68. The Labute approximate surface area is 103 Å². The molecule has 1 heterocycles. The number of hydrogen-bond donors (Lipinski definition) is 2. The van der Waals surface area contributed by atoms with E-state index in [9.17, 15) is 10.2 Å². The number of benzene rings is 1. The SMILES string of the molecule is CCC(O)N1CCC(c2ccc(O)cc2)CC1. The number of aliphatic hydroxyl groups is 1. The van der Waals surface area contributed by atoms with E-state index in [4.69, 9.17) is 0 Å². The summed E-state index contributed by atoms with van der Waals surface area (Å²) in [5.41, 5.74) is 1.30. The van der Waals surface area contributed by atoms with Crippen molar-refractivity contribution in [2.45, 2.75) is 38.3 Å². The lowest BCUT2D eigenvalue weighted by Gasteiger charge is -2.34. The molecule has 0 amide bonds. The Morgan fingerprint density at radius 3 is 2.35 bits per heavy atom. The molecule has 1 aliphatic rings. The molecule has 3 heteroatoms. The first-order valence-corrected chi connectivity index (χ1v) is 6.41. The molecule has 1 fully saturated rings. The number of phenols is 1. The minimum Gasteiger partial charge on any atom is -0.508 e. The highest BCUT2D eigenvalue weighted by Gasteiger charge is 2.23. The maximum atomic E-state index is 9.77. The molecule has 1 unspecified atom stereocenters. The third kappa shape index (κ3) is 2.99. The van der Waals surface area contributed by atoms with Crippen LogP contribution in [0.25, 0.3) is 0 Å². The molecule has 1 aromatic rings. The van der Waals surface area contributed by atoms with Crippen molar-refractivity contribution in [1.82, 2.24) is 4.90 Å². The Kier molecular flexibility index (Phi) is 4.02. The van der Waals surface area contributed by atoms with Crippen LogP contribution in [0.3, 0.4) is 0 Å². The van der Waals surface area contributed by atoms with Gasteiger partial charge in [-0.1, -0.05) is 19.1 Å². The predicted octanol–water partition coefficient (Wildman–Crippen LogP) is 2.30. The largest absolute Gasteiger partial charge is 0.508 e. The first kappa shape index (κ1) is 12.4. The van der Waals surface area contributed by atoms with Gasteiger partial charge in [-0.3, -0.25) is 4.90 Å². The third-order valence-electron chi connectivity index (χ3n) is 3.68. The van der Waals surface area contributed by atoms with Crippen LogP contribution in [-0.2, 0) is 0 Å². The molecule has 1 saturated heterocycles. The first-order chi connectivity index (χ1) is 8.20. The number of rotatable bonds is 3. The highest BCUT2D eigenvalue weighted by molar-refractivity contribution is 5.28. The summed E-state index contributed by atoms with van der Waals surface area (Å²) in [6.07, 6.45) is 2.68. The van der Waals surface area contributed by atoms with Crippen molar-refractivity contribution in [1.29, 1.82) is 0 Å². The molecular formula is C14H21NO2. The van der Waals surface area contributed by atoms with Gasteiger partial charge in [-0.05, 0) is 42.9 Å².